The Morgan fingerprint density at radius 3 is 1.87 bits per heavy atom. The van der Waals surface area contributed by atoms with Crippen LogP contribution in [0.2, 0.25) is 10.0 Å². The molecule has 0 saturated carbocycles. The zero-order chi connectivity index (χ0) is 16.8. The summed E-state index contributed by atoms with van der Waals surface area (Å²) in [7, 11) is 0. The van der Waals surface area contributed by atoms with E-state index in [1.807, 2.05) is 13.8 Å². The van der Waals surface area contributed by atoms with Crippen LogP contribution in [-0.2, 0) is 0 Å². The molecule has 0 atom stereocenters. The number of hydrogen-bond donors (Lipinski definition) is 1. The summed E-state index contributed by atoms with van der Waals surface area (Å²) in [5.41, 5.74) is 4.75. The van der Waals surface area contributed by atoms with Gasteiger partial charge in [0, 0.05) is 16.0 Å². The Bertz CT molecular complexity index is 601. The van der Waals surface area contributed by atoms with Crippen molar-refractivity contribution in [3.05, 3.63) is 68.7 Å². The van der Waals surface area contributed by atoms with Crippen molar-refractivity contribution in [2.75, 3.05) is 13.1 Å². The van der Waals surface area contributed by atoms with Crippen LogP contribution in [0.25, 0.3) is 0 Å². The Hall–Kier alpha value is -1.02. The Morgan fingerprint density at radius 2 is 1.43 bits per heavy atom. The smallest absolute Gasteiger partial charge is 0.0438 e. The minimum atomic E-state index is 0.324. The van der Waals surface area contributed by atoms with Gasteiger partial charge in [0.15, 0.2) is 0 Å². The first-order valence-electron chi connectivity index (χ1n) is 8.25. The molecule has 0 aliphatic carbocycles. The topological polar surface area (TPSA) is 12.0 Å². The van der Waals surface area contributed by atoms with Crippen LogP contribution in [0.3, 0.4) is 0 Å². The lowest BCUT2D eigenvalue weighted by Crippen LogP contribution is -2.15. The van der Waals surface area contributed by atoms with Gasteiger partial charge < -0.3 is 5.32 Å². The molecule has 0 radical (unpaired) electrons. The molecule has 0 bridgehead atoms. The largest absolute Gasteiger partial charge is 0.317 e. The molecule has 0 aliphatic heterocycles. The van der Waals surface area contributed by atoms with Crippen molar-refractivity contribution in [1.29, 1.82) is 0 Å². The number of aryl methyl sites for hydroxylation is 2. The second-order valence-electron chi connectivity index (χ2n) is 6.07. The first kappa shape index (κ1) is 18.3. The van der Waals surface area contributed by atoms with E-state index in [1.54, 1.807) is 0 Å². The van der Waals surface area contributed by atoms with Gasteiger partial charge in [-0.1, -0.05) is 54.4 Å². The van der Waals surface area contributed by atoms with Gasteiger partial charge in [0.2, 0.25) is 0 Å². The van der Waals surface area contributed by atoms with Crippen molar-refractivity contribution in [3.63, 3.8) is 0 Å². The van der Waals surface area contributed by atoms with E-state index in [0.717, 1.165) is 47.1 Å². The molecule has 2 rings (SSSR count). The zero-order valence-corrected chi connectivity index (χ0v) is 15.6. The summed E-state index contributed by atoms with van der Waals surface area (Å²) in [4.78, 5) is 0. The first-order valence-corrected chi connectivity index (χ1v) is 9.01. The van der Waals surface area contributed by atoms with Crippen molar-refractivity contribution in [2.45, 2.75) is 39.5 Å². The van der Waals surface area contributed by atoms with Crippen LogP contribution in [0.5, 0.6) is 0 Å². The summed E-state index contributed by atoms with van der Waals surface area (Å²) < 4.78 is 0. The summed E-state index contributed by atoms with van der Waals surface area (Å²) >= 11 is 12.7. The van der Waals surface area contributed by atoms with E-state index in [1.165, 1.54) is 11.1 Å². The maximum absolute atomic E-state index is 6.35. The number of halogens is 2. The maximum atomic E-state index is 6.35. The van der Waals surface area contributed by atoms with Gasteiger partial charge in [0.25, 0.3) is 0 Å². The van der Waals surface area contributed by atoms with Crippen molar-refractivity contribution < 1.29 is 0 Å². The third-order valence-electron chi connectivity index (χ3n) is 4.29. The lowest BCUT2D eigenvalue weighted by atomic mass is 9.86. The van der Waals surface area contributed by atoms with Crippen LogP contribution in [0.4, 0.5) is 0 Å². The quantitative estimate of drug-likeness (QED) is 0.592. The van der Waals surface area contributed by atoms with Crippen LogP contribution in [0, 0.1) is 13.8 Å². The van der Waals surface area contributed by atoms with E-state index in [0.29, 0.717) is 5.92 Å². The molecule has 0 aromatic heterocycles. The number of rotatable bonds is 7. The van der Waals surface area contributed by atoms with E-state index in [9.17, 15) is 0 Å². The summed E-state index contributed by atoms with van der Waals surface area (Å²) in [5.74, 6) is 0.324. The Balaban J connectivity index is 2.29. The molecule has 2 aromatic carbocycles. The number of nitrogens with one attached hydrogen (secondary N) is 1. The summed E-state index contributed by atoms with van der Waals surface area (Å²) in [5, 5.41) is 5.06. The molecule has 1 nitrogen and oxygen atoms in total. The van der Waals surface area contributed by atoms with Crippen LogP contribution in [0.1, 0.15) is 47.9 Å². The van der Waals surface area contributed by atoms with Gasteiger partial charge in [-0.15, -0.1) is 0 Å². The molecule has 0 unspecified atom stereocenters. The lowest BCUT2D eigenvalue weighted by Gasteiger charge is -2.20. The summed E-state index contributed by atoms with van der Waals surface area (Å²) in [6.07, 6.45) is 2.20. The van der Waals surface area contributed by atoms with Crippen molar-refractivity contribution in [3.8, 4) is 0 Å². The second kappa shape index (κ2) is 8.73. The zero-order valence-electron chi connectivity index (χ0n) is 14.1. The van der Waals surface area contributed by atoms with Gasteiger partial charge in [-0.05, 0) is 74.2 Å². The van der Waals surface area contributed by atoms with Gasteiger partial charge in [-0.25, -0.2) is 0 Å². The van der Waals surface area contributed by atoms with Gasteiger partial charge in [-0.3, -0.25) is 0 Å². The van der Waals surface area contributed by atoms with Crippen molar-refractivity contribution >= 4 is 23.2 Å². The normalized spacial score (nSPS) is 11.2. The molecule has 3 heteroatoms. The molecule has 1 N–H and O–H groups in total. The Labute approximate surface area is 150 Å². The van der Waals surface area contributed by atoms with E-state index in [2.05, 4.69) is 48.6 Å². The van der Waals surface area contributed by atoms with Crippen LogP contribution < -0.4 is 5.32 Å². The predicted molar refractivity (Wildman–Crippen MR) is 102 cm³/mol. The lowest BCUT2D eigenvalue weighted by molar-refractivity contribution is 0.606. The molecular weight excluding hydrogens is 325 g/mol. The van der Waals surface area contributed by atoms with Crippen LogP contribution >= 0.6 is 23.2 Å². The van der Waals surface area contributed by atoms with Crippen molar-refractivity contribution in [1.82, 2.24) is 5.32 Å². The highest BCUT2D eigenvalue weighted by Crippen LogP contribution is 2.33. The van der Waals surface area contributed by atoms with Gasteiger partial charge in [-0.2, -0.15) is 0 Å². The van der Waals surface area contributed by atoms with E-state index < -0.39 is 0 Å². The summed E-state index contributed by atoms with van der Waals surface area (Å²) in [6, 6.07) is 12.8. The fourth-order valence-corrected chi connectivity index (χ4v) is 3.16. The number of benzene rings is 2. The average molecular weight is 350 g/mol. The van der Waals surface area contributed by atoms with E-state index in [4.69, 9.17) is 23.2 Å². The fourth-order valence-electron chi connectivity index (χ4n) is 2.79. The third-order valence-corrected chi connectivity index (χ3v) is 5.11. The third kappa shape index (κ3) is 4.97. The average Bonchev–Trinajstić information content (AvgIpc) is 2.53. The molecule has 0 fully saturated rings. The molecule has 2 aromatic rings. The fraction of sp³-hybridized carbons (Fsp3) is 0.400. The van der Waals surface area contributed by atoms with Gasteiger partial charge in [0.1, 0.15) is 0 Å². The molecule has 23 heavy (non-hydrogen) atoms. The molecule has 124 valence electrons. The molecule has 0 spiro atoms. The van der Waals surface area contributed by atoms with Gasteiger partial charge in [0.05, 0.1) is 0 Å². The van der Waals surface area contributed by atoms with E-state index >= 15 is 0 Å². The summed E-state index contributed by atoms with van der Waals surface area (Å²) in [6.45, 7) is 8.25. The van der Waals surface area contributed by atoms with Crippen molar-refractivity contribution in [2.24, 2.45) is 0 Å². The predicted octanol–water partition coefficient (Wildman–Crippen LogP) is 6.13. The SMILES string of the molecule is CCNCCCC(c1ccc(C)c(Cl)c1)c1ccc(C)c(Cl)c1. The highest BCUT2D eigenvalue weighted by atomic mass is 35.5. The first-order chi connectivity index (χ1) is 11.0. The Morgan fingerprint density at radius 1 is 0.913 bits per heavy atom. The molecule has 0 aliphatic rings. The van der Waals surface area contributed by atoms with Crippen LogP contribution in [-0.4, -0.2) is 13.1 Å². The monoisotopic (exact) mass is 349 g/mol. The van der Waals surface area contributed by atoms with Crippen LogP contribution in [0.15, 0.2) is 36.4 Å². The number of hydrogen-bond acceptors (Lipinski definition) is 1. The highest BCUT2D eigenvalue weighted by Gasteiger charge is 2.16. The van der Waals surface area contributed by atoms with Gasteiger partial charge >= 0.3 is 0 Å². The molecule has 0 saturated heterocycles. The maximum Gasteiger partial charge on any atom is 0.0438 e. The molecule has 0 amide bonds. The standard InChI is InChI=1S/C20H25Cl2N/c1-4-23-11-5-6-18(16-9-7-14(2)19(21)12-16)17-10-8-15(3)20(22)13-17/h7-10,12-13,18,23H,4-6,11H2,1-3H3. The molecule has 0 heterocycles. The minimum Gasteiger partial charge on any atom is -0.317 e. The highest BCUT2D eigenvalue weighted by molar-refractivity contribution is 6.31. The Kier molecular flexibility index (Phi) is 6.95. The van der Waals surface area contributed by atoms with E-state index in [-0.39, 0.29) is 0 Å². The second-order valence-corrected chi connectivity index (χ2v) is 6.88. The molecular formula is C20H25Cl2N. The minimum absolute atomic E-state index is 0.324.